The number of halogens is 1. The highest BCUT2D eigenvalue weighted by atomic mass is 79.9. The predicted molar refractivity (Wildman–Crippen MR) is 87.8 cm³/mol. The molecule has 0 aromatic heterocycles. The molecule has 1 aromatic rings. The summed E-state index contributed by atoms with van der Waals surface area (Å²) >= 11 is 3.60. The van der Waals surface area contributed by atoms with Gasteiger partial charge >= 0.3 is 0 Å². The summed E-state index contributed by atoms with van der Waals surface area (Å²) in [6.07, 6.45) is 1.05. The van der Waals surface area contributed by atoms with Gasteiger partial charge in [0.15, 0.2) is 0 Å². The van der Waals surface area contributed by atoms with Crippen LogP contribution in [-0.4, -0.2) is 11.9 Å². The van der Waals surface area contributed by atoms with Gasteiger partial charge < -0.3 is 4.74 Å². The van der Waals surface area contributed by atoms with Gasteiger partial charge in [0.1, 0.15) is 5.75 Å². The second kappa shape index (κ2) is 7.33. The molecule has 1 nitrogen and oxygen atoms in total. The SMILES string of the molecule is CCCOc1cc(C)c(C(C)C(C)CBr)c(C)c1C. The number of benzene rings is 1. The maximum absolute atomic E-state index is 5.86. The van der Waals surface area contributed by atoms with Crippen LogP contribution in [0.4, 0.5) is 0 Å². The van der Waals surface area contributed by atoms with E-state index in [0.29, 0.717) is 11.8 Å². The molecule has 0 aliphatic heterocycles. The molecule has 0 amide bonds. The summed E-state index contributed by atoms with van der Waals surface area (Å²) in [7, 11) is 0. The Labute approximate surface area is 126 Å². The summed E-state index contributed by atoms with van der Waals surface area (Å²) in [5.74, 6) is 2.26. The normalized spacial score (nSPS) is 14.3. The molecular formula is C17H27BrO. The zero-order valence-electron chi connectivity index (χ0n) is 13.1. The van der Waals surface area contributed by atoms with Crippen LogP contribution < -0.4 is 4.74 Å². The summed E-state index contributed by atoms with van der Waals surface area (Å²) in [6, 6.07) is 2.21. The molecule has 0 N–H and O–H groups in total. The smallest absolute Gasteiger partial charge is 0.122 e. The summed E-state index contributed by atoms with van der Waals surface area (Å²) in [5, 5.41) is 1.04. The van der Waals surface area contributed by atoms with Crippen molar-refractivity contribution in [2.24, 2.45) is 5.92 Å². The molecule has 0 saturated heterocycles. The Morgan fingerprint density at radius 1 is 1.16 bits per heavy atom. The molecule has 0 fully saturated rings. The van der Waals surface area contributed by atoms with Crippen molar-refractivity contribution in [3.05, 3.63) is 28.3 Å². The second-order valence-electron chi connectivity index (χ2n) is 5.62. The molecule has 0 aliphatic carbocycles. The van der Waals surface area contributed by atoms with E-state index in [4.69, 9.17) is 4.74 Å². The molecule has 0 aliphatic rings. The molecule has 108 valence electrons. The van der Waals surface area contributed by atoms with E-state index in [-0.39, 0.29) is 0 Å². The van der Waals surface area contributed by atoms with Gasteiger partial charge in [-0.15, -0.1) is 0 Å². The van der Waals surface area contributed by atoms with Gasteiger partial charge in [-0.1, -0.05) is 36.7 Å². The van der Waals surface area contributed by atoms with Crippen molar-refractivity contribution in [2.75, 3.05) is 11.9 Å². The lowest BCUT2D eigenvalue weighted by Crippen LogP contribution is -2.12. The molecule has 2 atom stereocenters. The minimum absolute atomic E-state index is 0.568. The van der Waals surface area contributed by atoms with E-state index in [0.717, 1.165) is 24.1 Å². The van der Waals surface area contributed by atoms with E-state index >= 15 is 0 Å². The second-order valence-corrected chi connectivity index (χ2v) is 6.27. The van der Waals surface area contributed by atoms with E-state index in [1.165, 1.54) is 22.3 Å². The zero-order valence-corrected chi connectivity index (χ0v) is 14.7. The van der Waals surface area contributed by atoms with Crippen LogP contribution in [-0.2, 0) is 0 Å². The van der Waals surface area contributed by atoms with Crippen LogP contribution in [0, 0.1) is 26.7 Å². The highest BCUT2D eigenvalue weighted by Crippen LogP contribution is 2.35. The van der Waals surface area contributed by atoms with E-state index in [1.54, 1.807) is 0 Å². The number of hydrogen-bond donors (Lipinski definition) is 0. The molecule has 0 heterocycles. The van der Waals surface area contributed by atoms with Crippen LogP contribution >= 0.6 is 15.9 Å². The van der Waals surface area contributed by atoms with Crippen molar-refractivity contribution in [3.63, 3.8) is 0 Å². The Morgan fingerprint density at radius 2 is 1.79 bits per heavy atom. The van der Waals surface area contributed by atoms with E-state index in [9.17, 15) is 0 Å². The molecule has 0 bridgehead atoms. The first-order valence-electron chi connectivity index (χ1n) is 7.23. The molecule has 0 spiro atoms. The molecule has 2 unspecified atom stereocenters. The largest absolute Gasteiger partial charge is 0.493 e. The number of ether oxygens (including phenoxy) is 1. The van der Waals surface area contributed by atoms with Gasteiger partial charge in [-0.05, 0) is 67.3 Å². The van der Waals surface area contributed by atoms with Crippen molar-refractivity contribution in [1.82, 2.24) is 0 Å². The third-order valence-electron chi connectivity index (χ3n) is 4.12. The predicted octanol–water partition coefficient (Wildman–Crippen LogP) is 5.54. The van der Waals surface area contributed by atoms with Gasteiger partial charge in [-0.25, -0.2) is 0 Å². The highest BCUT2D eigenvalue weighted by Gasteiger charge is 2.20. The number of rotatable bonds is 6. The molecule has 0 radical (unpaired) electrons. The minimum Gasteiger partial charge on any atom is -0.493 e. The molecule has 0 saturated carbocycles. The Morgan fingerprint density at radius 3 is 2.32 bits per heavy atom. The Balaban J connectivity index is 3.18. The van der Waals surface area contributed by atoms with Gasteiger partial charge in [0.05, 0.1) is 6.61 Å². The lowest BCUT2D eigenvalue weighted by Gasteiger charge is -2.25. The summed E-state index contributed by atoms with van der Waals surface area (Å²) in [6.45, 7) is 14.2. The maximum Gasteiger partial charge on any atom is 0.122 e. The molecule has 1 aromatic carbocycles. The van der Waals surface area contributed by atoms with Crippen LogP contribution in [0.3, 0.4) is 0 Å². The van der Waals surface area contributed by atoms with Crippen molar-refractivity contribution in [2.45, 2.75) is 53.9 Å². The van der Waals surface area contributed by atoms with Crippen LogP contribution in [0.25, 0.3) is 0 Å². The van der Waals surface area contributed by atoms with Gasteiger partial charge in [-0.2, -0.15) is 0 Å². The van der Waals surface area contributed by atoms with Crippen molar-refractivity contribution in [1.29, 1.82) is 0 Å². The van der Waals surface area contributed by atoms with Crippen molar-refractivity contribution < 1.29 is 4.74 Å². The fourth-order valence-electron chi connectivity index (χ4n) is 2.55. The Hall–Kier alpha value is -0.500. The van der Waals surface area contributed by atoms with Gasteiger partial charge in [0.2, 0.25) is 0 Å². The number of alkyl halides is 1. The standard InChI is InChI=1S/C17H27BrO/c1-7-8-19-16-9-11(2)17(15(6)14(16)5)13(4)12(3)10-18/h9,12-13H,7-8,10H2,1-6H3. The average Bonchev–Trinajstić information content (AvgIpc) is 2.40. The molecule has 19 heavy (non-hydrogen) atoms. The average molecular weight is 327 g/mol. The van der Waals surface area contributed by atoms with Gasteiger partial charge in [0.25, 0.3) is 0 Å². The topological polar surface area (TPSA) is 9.23 Å². The van der Waals surface area contributed by atoms with Crippen LogP contribution in [0.15, 0.2) is 6.07 Å². The third kappa shape index (κ3) is 3.75. The summed E-state index contributed by atoms with van der Waals surface area (Å²) < 4.78 is 5.86. The van der Waals surface area contributed by atoms with Gasteiger partial charge in [-0.3, -0.25) is 0 Å². The first-order valence-corrected chi connectivity index (χ1v) is 8.35. The minimum atomic E-state index is 0.568. The Kier molecular flexibility index (Phi) is 6.38. The number of aryl methyl sites for hydroxylation is 1. The number of hydrogen-bond acceptors (Lipinski definition) is 1. The van der Waals surface area contributed by atoms with E-state index in [1.807, 2.05) is 0 Å². The quantitative estimate of drug-likeness (QED) is 0.624. The fourth-order valence-corrected chi connectivity index (χ4v) is 3.11. The van der Waals surface area contributed by atoms with Crippen LogP contribution in [0.1, 0.15) is 55.4 Å². The lowest BCUT2D eigenvalue weighted by atomic mass is 9.83. The van der Waals surface area contributed by atoms with E-state index in [2.05, 4.69) is 63.5 Å². The molecular weight excluding hydrogens is 300 g/mol. The van der Waals surface area contributed by atoms with E-state index < -0.39 is 0 Å². The van der Waals surface area contributed by atoms with Gasteiger partial charge in [0, 0.05) is 5.33 Å². The molecule has 2 heteroatoms. The Bertz CT molecular complexity index is 426. The fraction of sp³-hybridized carbons (Fsp3) is 0.647. The maximum atomic E-state index is 5.86. The third-order valence-corrected chi connectivity index (χ3v) is 5.14. The lowest BCUT2D eigenvalue weighted by molar-refractivity contribution is 0.314. The first kappa shape index (κ1) is 16.6. The highest BCUT2D eigenvalue weighted by molar-refractivity contribution is 9.09. The first-order chi connectivity index (χ1) is 8.93. The summed E-state index contributed by atoms with van der Waals surface area (Å²) in [4.78, 5) is 0. The monoisotopic (exact) mass is 326 g/mol. The van der Waals surface area contributed by atoms with Crippen molar-refractivity contribution >= 4 is 15.9 Å². The molecule has 1 rings (SSSR count). The zero-order chi connectivity index (χ0) is 14.6. The van der Waals surface area contributed by atoms with Crippen molar-refractivity contribution in [3.8, 4) is 5.75 Å². The van der Waals surface area contributed by atoms with Crippen LogP contribution in [0.5, 0.6) is 5.75 Å². The summed E-state index contributed by atoms with van der Waals surface area (Å²) in [5.41, 5.74) is 5.54. The van der Waals surface area contributed by atoms with Crippen LogP contribution in [0.2, 0.25) is 0 Å².